The van der Waals surface area contributed by atoms with Gasteiger partial charge in [0.15, 0.2) is 11.5 Å². The highest BCUT2D eigenvalue weighted by Crippen LogP contribution is 2.43. The quantitative estimate of drug-likeness (QED) is 0.882. The summed E-state index contributed by atoms with van der Waals surface area (Å²) in [6.07, 6.45) is 4.75. The van der Waals surface area contributed by atoms with Crippen LogP contribution in [0.5, 0.6) is 17.2 Å². The third kappa shape index (κ3) is 2.95. The second-order valence-electron chi connectivity index (χ2n) is 6.98. The van der Waals surface area contributed by atoms with E-state index in [0.717, 1.165) is 36.6 Å². The largest absolute Gasteiger partial charge is 0.496 e. The summed E-state index contributed by atoms with van der Waals surface area (Å²) in [5.74, 6) is 2.67. The summed E-state index contributed by atoms with van der Waals surface area (Å²) in [6, 6.07) is 12.6. The van der Waals surface area contributed by atoms with Crippen molar-refractivity contribution in [1.82, 2.24) is 5.32 Å². The smallest absolute Gasteiger partial charge is 0.231 e. The number of methoxy groups -OCH3 is 1. The van der Waals surface area contributed by atoms with Crippen molar-refractivity contribution < 1.29 is 14.2 Å². The van der Waals surface area contributed by atoms with Crippen LogP contribution < -0.4 is 19.5 Å². The van der Waals surface area contributed by atoms with Crippen molar-refractivity contribution in [2.45, 2.75) is 44.7 Å². The number of fused-ring (bicyclic) bond motifs is 1. The number of nitrogens with one attached hydrogen (secondary N) is 1. The maximum Gasteiger partial charge on any atom is 0.231 e. The lowest BCUT2D eigenvalue weighted by Crippen LogP contribution is -2.39. The van der Waals surface area contributed by atoms with Gasteiger partial charge in [0, 0.05) is 17.6 Å². The van der Waals surface area contributed by atoms with E-state index < -0.39 is 0 Å². The van der Waals surface area contributed by atoms with E-state index in [1.807, 2.05) is 6.07 Å². The lowest BCUT2D eigenvalue weighted by Gasteiger charge is -2.33. The minimum Gasteiger partial charge on any atom is -0.496 e. The molecule has 0 aromatic heterocycles. The Morgan fingerprint density at radius 1 is 1.08 bits per heavy atom. The number of hydrogen-bond donors (Lipinski definition) is 1. The van der Waals surface area contributed by atoms with Crippen molar-refractivity contribution in [3.8, 4) is 17.2 Å². The van der Waals surface area contributed by atoms with E-state index in [0.29, 0.717) is 6.79 Å². The van der Waals surface area contributed by atoms with Gasteiger partial charge in [0.05, 0.1) is 7.11 Å². The van der Waals surface area contributed by atoms with Crippen LogP contribution in [0.2, 0.25) is 0 Å². The molecule has 1 aliphatic carbocycles. The topological polar surface area (TPSA) is 39.7 Å². The first kappa shape index (κ1) is 16.3. The number of ether oxygens (including phenoxy) is 3. The lowest BCUT2D eigenvalue weighted by atomic mass is 9.87. The summed E-state index contributed by atoms with van der Waals surface area (Å²) in [5, 5.41) is 3.86. The van der Waals surface area contributed by atoms with Gasteiger partial charge in [-0.25, -0.2) is 0 Å². The molecule has 1 fully saturated rings. The maximum atomic E-state index is 5.64. The molecular formula is C21H25NO3. The van der Waals surface area contributed by atoms with Crippen molar-refractivity contribution >= 4 is 0 Å². The average molecular weight is 339 g/mol. The van der Waals surface area contributed by atoms with Crippen LogP contribution in [0.1, 0.15) is 42.4 Å². The summed E-state index contributed by atoms with van der Waals surface area (Å²) in [6.45, 7) is 3.25. The molecule has 0 atom stereocenters. The first-order valence-electron chi connectivity index (χ1n) is 8.99. The molecule has 2 aliphatic rings. The number of aryl methyl sites for hydroxylation is 1. The fourth-order valence-corrected chi connectivity index (χ4v) is 4.10. The van der Waals surface area contributed by atoms with Gasteiger partial charge in [-0.15, -0.1) is 0 Å². The van der Waals surface area contributed by atoms with Crippen LogP contribution in [0.25, 0.3) is 0 Å². The van der Waals surface area contributed by atoms with Gasteiger partial charge < -0.3 is 19.5 Å². The number of rotatable bonds is 5. The van der Waals surface area contributed by atoms with E-state index in [-0.39, 0.29) is 5.54 Å². The molecule has 0 bridgehead atoms. The second kappa shape index (κ2) is 6.60. The van der Waals surface area contributed by atoms with Crippen LogP contribution in [0.3, 0.4) is 0 Å². The van der Waals surface area contributed by atoms with E-state index in [2.05, 4.69) is 42.6 Å². The minimum atomic E-state index is -0.0184. The third-order valence-electron chi connectivity index (χ3n) is 5.53. The van der Waals surface area contributed by atoms with Crippen LogP contribution in [0.15, 0.2) is 36.4 Å². The molecule has 25 heavy (non-hydrogen) atoms. The van der Waals surface area contributed by atoms with Crippen molar-refractivity contribution in [3.05, 3.63) is 53.1 Å². The molecule has 1 aliphatic heterocycles. The molecule has 2 aromatic rings. The molecule has 4 rings (SSSR count). The molecule has 4 heteroatoms. The van der Waals surface area contributed by atoms with Crippen molar-refractivity contribution in [3.63, 3.8) is 0 Å². The summed E-state index contributed by atoms with van der Waals surface area (Å²) in [5.41, 5.74) is 3.74. The highest BCUT2D eigenvalue weighted by molar-refractivity contribution is 5.48. The Morgan fingerprint density at radius 2 is 1.80 bits per heavy atom. The zero-order chi connectivity index (χ0) is 17.3. The molecular weight excluding hydrogens is 314 g/mol. The fraction of sp³-hybridized carbons (Fsp3) is 0.429. The van der Waals surface area contributed by atoms with Gasteiger partial charge in [-0.2, -0.15) is 0 Å². The van der Waals surface area contributed by atoms with Gasteiger partial charge >= 0.3 is 0 Å². The normalized spacial score (nSPS) is 17.7. The monoisotopic (exact) mass is 339 g/mol. The third-order valence-corrected chi connectivity index (χ3v) is 5.53. The lowest BCUT2D eigenvalue weighted by molar-refractivity contribution is 0.174. The number of benzene rings is 2. The fourth-order valence-electron chi connectivity index (χ4n) is 4.10. The molecule has 0 amide bonds. The van der Waals surface area contributed by atoms with E-state index in [1.165, 1.54) is 29.5 Å². The standard InChI is InChI=1S/C21H25NO3/c1-15-11-19-20(25-14-24-19)12-16(15)13-22-21(9-5-6-10-21)17-7-3-4-8-18(17)23-2/h3-4,7-8,11-12,22H,5-6,9-10,13-14H2,1-2H3. The summed E-state index contributed by atoms with van der Waals surface area (Å²) < 4.78 is 16.7. The number of hydrogen-bond acceptors (Lipinski definition) is 4. The molecule has 2 aromatic carbocycles. The first-order chi connectivity index (χ1) is 12.2. The van der Waals surface area contributed by atoms with Crippen LogP contribution in [0.4, 0.5) is 0 Å². The highest BCUT2D eigenvalue weighted by Gasteiger charge is 2.37. The van der Waals surface area contributed by atoms with Crippen LogP contribution in [-0.4, -0.2) is 13.9 Å². The van der Waals surface area contributed by atoms with Crippen LogP contribution in [-0.2, 0) is 12.1 Å². The predicted molar refractivity (Wildman–Crippen MR) is 97.3 cm³/mol. The van der Waals surface area contributed by atoms with E-state index in [9.17, 15) is 0 Å². The molecule has 0 radical (unpaired) electrons. The first-order valence-corrected chi connectivity index (χ1v) is 8.99. The second-order valence-corrected chi connectivity index (χ2v) is 6.98. The van der Waals surface area contributed by atoms with Crippen molar-refractivity contribution in [2.75, 3.05) is 13.9 Å². The van der Waals surface area contributed by atoms with E-state index in [1.54, 1.807) is 7.11 Å². The van der Waals surface area contributed by atoms with Gasteiger partial charge in [-0.1, -0.05) is 31.0 Å². The number of para-hydroxylation sites is 1. The van der Waals surface area contributed by atoms with Gasteiger partial charge in [0.2, 0.25) is 6.79 Å². The Hall–Kier alpha value is -2.20. The average Bonchev–Trinajstić information content (AvgIpc) is 3.29. The zero-order valence-electron chi connectivity index (χ0n) is 14.9. The molecule has 4 nitrogen and oxygen atoms in total. The van der Waals surface area contributed by atoms with Gasteiger partial charge in [-0.3, -0.25) is 0 Å². The minimum absolute atomic E-state index is 0.0184. The van der Waals surface area contributed by atoms with Crippen LogP contribution >= 0.6 is 0 Å². The molecule has 0 spiro atoms. The Morgan fingerprint density at radius 3 is 2.56 bits per heavy atom. The van der Waals surface area contributed by atoms with Crippen LogP contribution in [0, 0.1) is 6.92 Å². The molecule has 0 saturated heterocycles. The van der Waals surface area contributed by atoms with Crippen molar-refractivity contribution in [1.29, 1.82) is 0 Å². The predicted octanol–water partition coefficient (Wildman–Crippen LogP) is 4.29. The molecule has 0 unspecified atom stereocenters. The SMILES string of the molecule is COc1ccccc1C1(NCc2cc3c(cc2C)OCO3)CCCC1. The van der Waals surface area contributed by atoms with E-state index >= 15 is 0 Å². The Kier molecular flexibility index (Phi) is 4.30. The molecule has 1 heterocycles. The summed E-state index contributed by atoms with van der Waals surface area (Å²) in [4.78, 5) is 0. The Bertz CT molecular complexity index is 766. The zero-order valence-corrected chi connectivity index (χ0v) is 14.9. The molecule has 1 saturated carbocycles. The van der Waals surface area contributed by atoms with Crippen molar-refractivity contribution in [2.24, 2.45) is 0 Å². The van der Waals surface area contributed by atoms with Gasteiger partial charge in [-0.05, 0) is 49.1 Å². The van der Waals surface area contributed by atoms with E-state index in [4.69, 9.17) is 14.2 Å². The Labute approximate surface area is 149 Å². The summed E-state index contributed by atoms with van der Waals surface area (Å²) in [7, 11) is 1.75. The Balaban J connectivity index is 1.61. The maximum absolute atomic E-state index is 5.64. The molecule has 1 N–H and O–H groups in total. The highest BCUT2D eigenvalue weighted by atomic mass is 16.7. The van der Waals surface area contributed by atoms with Gasteiger partial charge in [0.25, 0.3) is 0 Å². The van der Waals surface area contributed by atoms with Gasteiger partial charge in [0.1, 0.15) is 5.75 Å². The summed E-state index contributed by atoms with van der Waals surface area (Å²) >= 11 is 0. The molecule has 132 valence electrons.